The fourth-order valence-electron chi connectivity index (χ4n) is 2.44. The molecule has 0 aliphatic rings. The van der Waals surface area contributed by atoms with Gasteiger partial charge in [-0.15, -0.1) is 0 Å². The van der Waals surface area contributed by atoms with E-state index in [2.05, 4.69) is 15.5 Å². The van der Waals surface area contributed by atoms with Crippen molar-refractivity contribution in [3.05, 3.63) is 99.5 Å². The van der Waals surface area contributed by atoms with Crippen LogP contribution in [0.3, 0.4) is 0 Å². The van der Waals surface area contributed by atoms with Gasteiger partial charge in [0.15, 0.2) is 0 Å². The second kappa shape index (κ2) is 6.91. The molecule has 3 aromatic rings. The van der Waals surface area contributed by atoms with E-state index in [1.54, 1.807) is 0 Å². The molecule has 3 rings (SSSR count). The lowest BCUT2D eigenvalue weighted by atomic mass is 9.97. The first kappa shape index (κ1) is 15.7. The Morgan fingerprint density at radius 3 is 2.25 bits per heavy atom. The number of nitrogens with zero attached hydrogens (tertiary/aromatic N) is 1. The van der Waals surface area contributed by atoms with Crippen molar-refractivity contribution in [1.29, 1.82) is 0 Å². The molecule has 1 amide bonds. The number of rotatable bonds is 4. The van der Waals surface area contributed by atoms with Gasteiger partial charge in [-0.05, 0) is 24.1 Å². The zero-order valence-corrected chi connectivity index (χ0v) is 13.2. The molecular formula is C19H17N3O2. The number of amides is 1. The maximum atomic E-state index is 12.5. The largest absolute Gasteiger partial charge is 0.340 e. The third-order valence-corrected chi connectivity index (χ3v) is 3.73. The van der Waals surface area contributed by atoms with Crippen LogP contribution < -0.4 is 10.9 Å². The highest BCUT2D eigenvalue weighted by Crippen LogP contribution is 2.22. The number of nitrogens with one attached hydrogen (secondary N) is 2. The van der Waals surface area contributed by atoms with E-state index in [1.807, 2.05) is 61.5 Å². The first-order valence-corrected chi connectivity index (χ1v) is 7.61. The van der Waals surface area contributed by atoms with E-state index in [0.717, 1.165) is 16.7 Å². The van der Waals surface area contributed by atoms with Crippen LogP contribution in [0.4, 0.5) is 0 Å². The maximum absolute atomic E-state index is 12.5. The molecule has 0 saturated carbocycles. The van der Waals surface area contributed by atoms with E-state index in [9.17, 15) is 9.59 Å². The molecule has 1 aromatic heterocycles. The van der Waals surface area contributed by atoms with Crippen LogP contribution in [0, 0.1) is 6.92 Å². The molecule has 120 valence electrons. The molecule has 0 spiro atoms. The minimum Gasteiger partial charge on any atom is -0.340 e. The lowest BCUT2D eigenvalue weighted by Crippen LogP contribution is -2.30. The number of aromatic amines is 1. The number of aromatic nitrogens is 2. The van der Waals surface area contributed by atoms with Crippen LogP contribution in [0.15, 0.2) is 71.5 Å². The van der Waals surface area contributed by atoms with Crippen LogP contribution in [0.2, 0.25) is 0 Å². The number of benzene rings is 2. The van der Waals surface area contributed by atoms with Gasteiger partial charge in [0.05, 0.1) is 6.04 Å². The SMILES string of the molecule is Cc1ccc(C(NC(=O)c2ccc(=O)[nH]n2)c2ccccc2)cc1. The van der Waals surface area contributed by atoms with E-state index in [1.165, 1.54) is 12.1 Å². The Labute approximate surface area is 139 Å². The Balaban J connectivity index is 1.93. The maximum Gasteiger partial charge on any atom is 0.272 e. The predicted molar refractivity (Wildman–Crippen MR) is 91.8 cm³/mol. The summed E-state index contributed by atoms with van der Waals surface area (Å²) in [6, 6.07) is 20.1. The Hall–Kier alpha value is -3.21. The summed E-state index contributed by atoms with van der Waals surface area (Å²) < 4.78 is 0. The van der Waals surface area contributed by atoms with Crippen molar-refractivity contribution < 1.29 is 4.79 Å². The fraction of sp³-hybridized carbons (Fsp3) is 0.105. The van der Waals surface area contributed by atoms with Gasteiger partial charge in [-0.1, -0.05) is 60.2 Å². The van der Waals surface area contributed by atoms with E-state index < -0.39 is 0 Å². The van der Waals surface area contributed by atoms with Crippen LogP contribution in [-0.4, -0.2) is 16.1 Å². The topological polar surface area (TPSA) is 74.8 Å². The summed E-state index contributed by atoms with van der Waals surface area (Å²) in [5.41, 5.74) is 2.93. The van der Waals surface area contributed by atoms with Crippen LogP contribution in [0.5, 0.6) is 0 Å². The zero-order chi connectivity index (χ0) is 16.9. The van der Waals surface area contributed by atoms with Crippen LogP contribution in [-0.2, 0) is 0 Å². The Bertz CT molecular complexity index is 866. The van der Waals surface area contributed by atoms with E-state index in [-0.39, 0.29) is 23.2 Å². The third-order valence-electron chi connectivity index (χ3n) is 3.73. The molecule has 0 aliphatic carbocycles. The van der Waals surface area contributed by atoms with Crippen LogP contribution in [0.1, 0.15) is 33.2 Å². The third kappa shape index (κ3) is 3.57. The zero-order valence-electron chi connectivity index (χ0n) is 13.2. The van der Waals surface area contributed by atoms with Gasteiger partial charge in [-0.2, -0.15) is 5.10 Å². The molecule has 0 bridgehead atoms. The van der Waals surface area contributed by atoms with E-state index in [0.29, 0.717) is 0 Å². The summed E-state index contributed by atoms with van der Waals surface area (Å²) in [5, 5.41) is 9.04. The monoisotopic (exact) mass is 319 g/mol. The Morgan fingerprint density at radius 1 is 0.958 bits per heavy atom. The van der Waals surface area contributed by atoms with Crippen molar-refractivity contribution in [1.82, 2.24) is 15.5 Å². The first-order valence-electron chi connectivity index (χ1n) is 7.61. The predicted octanol–water partition coefficient (Wildman–Crippen LogP) is 2.60. The summed E-state index contributed by atoms with van der Waals surface area (Å²) >= 11 is 0. The molecule has 1 heterocycles. The summed E-state index contributed by atoms with van der Waals surface area (Å²) in [6.07, 6.45) is 0. The number of carbonyl (C=O) groups is 1. The van der Waals surface area contributed by atoms with Gasteiger partial charge in [0, 0.05) is 6.07 Å². The molecule has 5 heteroatoms. The quantitative estimate of drug-likeness (QED) is 0.776. The average molecular weight is 319 g/mol. The lowest BCUT2D eigenvalue weighted by molar-refractivity contribution is 0.0937. The average Bonchev–Trinajstić information content (AvgIpc) is 2.62. The fourth-order valence-corrected chi connectivity index (χ4v) is 2.44. The summed E-state index contributed by atoms with van der Waals surface area (Å²) in [6.45, 7) is 2.02. The van der Waals surface area contributed by atoms with Gasteiger partial charge in [0.25, 0.3) is 11.5 Å². The molecule has 1 atom stereocenters. The molecule has 0 aliphatic heterocycles. The number of H-pyrrole nitrogens is 1. The van der Waals surface area contributed by atoms with Crippen LogP contribution >= 0.6 is 0 Å². The summed E-state index contributed by atoms with van der Waals surface area (Å²) in [7, 11) is 0. The van der Waals surface area contributed by atoms with Crippen molar-refractivity contribution in [2.75, 3.05) is 0 Å². The lowest BCUT2D eigenvalue weighted by Gasteiger charge is -2.20. The molecule has 2 N–H and O–H groups in total. The summed E-state index contributed by atoms with van der Waals surface area (Å²) in [4.78, 5) is 23.6. The number of aryl methyl sites for hydroxylation is 1. The van der Waals surface area contributed by atoms with Gasteiger partial charge in [0.1, 0.15) is 5.69 Å². The van der Waals surface area contributed by atoms with E-state index >= 15 is 0 Å². The molecule has 0 saturated heterocycles. The second-order valence-electron chi connectivity index (χ2n) is 5.53. The van der Waals surface area contributed by atoms with Gasteiger partial charge >= 0.3 is 0 Å². The smallest absolute Gasteiger partial charge is 0.272 e. The first-order chi connectivity index (χ1) is 11.6. The van der Waals surface area contributed by atoms with Gasteiger partial charge in [-0.3, -0.25) is 9.59 Å². The molecule has 0 radical (unpaired) electrons. The van der Waals surface area contributed by atoms with Crippen molar-refractivity contribution in [2.24, 2.45) is 0 Å². The second-order valence-corrected chi connectivity index (χ2v) is 5.53. The van der Waals surface area contributed by atoms with Gasteiger partial charge in [0.2, 0.25) is 0 Å². The molecule has 0 fully saturated rings. The highest BCUT2D eigenvalue weighted by atomic mass is 16.2. The minimum atomic E-state index is -0.347. The standard InChI is InChI=1S/C19H17N3O2/c1-13-7-9-15(10-8-13)18(14-5-3-2-4-6-14)20-19(24)16-11-12-17(23)22-21-16/h2-12,18H,1H3,(H,20,24)(H,22,23). The molecule has 1 unspecified atom stereocenters. The molecule has 24 heavy (non-hydrogen) atoms. The normalized spacial score (nSPS) is 11.7. The molecule has 2 aromatic carbocycles. The molecular weight excluding hydrogens is 302 g/mol. The Morgan fingerprint density at radius 2 is 1.62 bits per heavy atom. The van der Waals surface area contributed by atoms with Crippen molar-refractivity contribution >= 4 is 5.91 Å². The highest BCUT2D eigenvalue weighted by molar-refractivity contribution is 5.92. The van der Waals surface area contributed by atoms with Crippen molar-refractivity contribution in [3.63, 3.8) is 0 Å². The van der Waals surface area contributed by atoms with Gasteiger partial charge < -0.3 is 5.32 Å². The van der Waals surface area contributed by atoms with Crippen molar-refractivity contribution in [3.8, 4) is 0 Å². The number of hydrogen-bond acceptors (Lipinski definition) is 3. The molecule has 5 nitrogen and oxygen atoms in total. The number of carbonyl (C=O) groups excluding carboxylic acids is 1. The van der Waals surface area contributed by atoms with Crippen molar-refractivity contribution in [2.45, 2.75) is 13.0 Å². The van der Waals surface area contributed by atoms with E-state index in [4.69, 9.17) is 0 Å². The Kier molecular flexibility index (Phi) is 4.52. The minimum absolute atomic E-state index is 0.169. The van der Waals surface area contributed by atoms with Gasteiger partial charge in [-0.25, -0.2) is 5.10 Å². The summed E-state index contributed by atoms with van der Waals surface area (Å²) in [5.74, 6) is -0.347. The highest BCUT2D eigenvalue weighted by Gasteiger charge is 2.18. The number of hydrogen-bond donors (Lipinski definition) is 2. The van der Waals surface area contributed by atoms with Crippen LogP contribution in [0.25, 0.3) is 0 Å².